The van der Waals surface area contributed by atoms with E-state index in [-0.39, 0.29) is 0 Å². The quantitative estimate of drug-likeness (QED) is 0.504. The van der Waals surface area contributed by atoms with Gasteiger partial charge in [-0.2, -0.15) is 0 Å². The number of nitrogens with zero attached hydrogens (tertiary/aromatic N) is 3. The van der Waals surface area contributed by atoms with Crippen molar-refractivity contribution in [3.8, 4) is 0 Å². The molecule has 0 saturated heterocycles. The Bertz CT molecular complexity index is 238. The first-order valence-corrected chi connectivity index (χ1v) is 14.5. The van der Waals surface area contributed by atoms with Crippen LogP contribution in [-0.2, 0) is 0 Å². The summed E-state index contributed by atoms with van der Waals surface area (Å²) in [5, 5.41) is 0. The zero-order chi connectivity index (χ0) is 15.4. The fraction of sp³-hybridized carbons (Fsp3) is 1.00. The Hall–Kier alpha value is 0.314. The summed E-state index contributed by atoms with van der Waals surface area (Å²) >= 11 is 0. The summed E-state index contributed by atoms with van der Waals surface area (Å²) < 4.78 is 2.89. The number of hydrogen-bond acceptors (Lipinski definition) is 3. The van der Waals surface area contributed by atoms with Crippen LogP contribution in [0.3, 0.4) is 0 Å². The normalized spacial score (nSPS) is 15.6. The van der Waals surface area contributed by atoms with E-state index >= 15 is 0 Å². The maximum atomic E-state index is 2.89. The predicted molar refractivity (Wildman–Crippen MR) is 93.8 cm³/mol. The van der Waals surface area contributed by atoms with Crippen LogP contribution in [0.2, 0.25) is 39.3 Å². The number of hydrogen-bond donors (Lipinski definition) is 0. The first kappa shape index (κ1) is 19.3. The summed E-state index contributed by atoms with van der Waals surface area (Å²) in [6.07, 6.45) is 0.536. The molecule has 0 radical (unpaired) electrons. The number of likely N-dealkylation sites (N-methyl/N-ethyl adjacent to an activating group) is 2. The molecule has 0 aliphatic carbocycles. The van der Waals surface area contributed by atoms with Crippen LogP contribution in [0.25, 0.3) is 0 Å². The molecule has 0 saturated carbocycles. The zero-order valence-corrected chi connectivity index (χ0v) is 17.0. The summed E-state index contributed by atoms with van der Waals surface area (Å²) in [5.74, 6) is 0. The smallest absolute Gasteiger partial charge is 0.112 e. The molecule has 0 aliphatic heterocycles. The molecule has 0 bridgehead atoms. The van der Waals surface area contributed by atoms with Crippen LogP contribution in [-0.4, -0.2) is 70.4 Å². The van der Waals surface area contributed by atoms with Gasteiger partial charge in [0.1, 0.15) is 16.5 Å². The van der Waals surface area contributed by atoms with Gasteiger partial charge in [0, 0.05) is 6.54 Å². The van der Waals surface area contributed by atoms with E-state index in [2.05, 4.69) is 81.3 Å². The van der Waals surface area contributed by atoms with Crippen LogP contribution < -0.4 is 0 Å². The van der Waals surface area contributed by atoms with E-state index in [0.29, 0.717) is 6.17 Å². The standard InChI is InChI=1S/C14H37N3Si2/c1-11-16(12-2)14(15(3)4)13-17(18(5,6)7)19(8,9)10/h14H,11-13H2,1-10H3. The molecule has 19 heavy (non-hydrogen) atoms. The fourth-order valence-electron chi connectivity index (χ4n) is 2.97. The van der Waals surface area contributed by atoms with Crippen molar-refractivity contribution in [2.75, 3.05) is 33.7 Å². The van der Waals surface area contributed by atoms with Gasteiger partial charge in [-0.1, -0.05) is 53.1 Å². The molecule has 5 heteroatoms. The molecular formula is C14H37N3Si2. The average Bonchev–Trinajstić information content (AvgIpc) is 2.19. The summed E-state index contributed by atoms with van der Waals surface area (Å²) in [6.45, 7) is 22.9. The van der Waals surface area contributed by atoms with Gasteiger partial charge in [-0.3, -0.25) is 9.80 Å². The van der Waals surface area contributed by atoms with Crippen molar-refractivity contribution in [2.24, 2.45) is 0 Å². The van der Waals surface area contributed by atoms with Crippen LogP contribution in [0.4, 0.5) is 0 Å². The van der Waals surface area contributed by atoms with Crippen LogP contribution in [0.15, 0.2) is 0 Å². The minimum absolute atomic E-state index is 0.536. The van der Waals surface area contributed by atoms with Crippen molar-refractivity contribution in [3.63, 3.8) is 0 Å². The molecule has 3 nitrogen and oxygen atoms in total. The van der Waals surface area contributed by atoms with Gasteiger partial charge in [0.2, 0.25) is 0 Å². The highest BCUT2D eigenvalue weighted by Crippen LogP contribution is 2.21. The lowest BCUT2D eigenvalue weighted by Crippen LogP contribution is -2.64. The van der Waals surface area contributed by atoms with Crippen molar-refractivity contribution in [1.82, 2.24) is 14.0 Å². The molecule has 0 amide bonds. The predicted octanol–water partition coefficient (Wildman–Crippen LogP) is 3.19. The molecule has 0 aliphatic rings. The summed E-state index contributed by atoms with van der Waals surface area (Å²) in [4.78, 5) is 4.97. The maximum absolute atomic E-state index is 2.89. The van der Waals surface area contributed by atoms with Gasteiger partial charge >= 0.3 is 0 Å². The van der Waals surface area contributed by atoms with Crippen LogP contribution in [0, 0.1) is 0 Å². The lowest BCUT2D eigenvalue weighted by Gasteiger charge is -2.48. The van der Waals surface area contributed by atoms with Crippen molar-refractivity contribution in [1.29, 1.82) is 0 Å². The Morgan fingerprint density at radius 3 is 1.37 bits per heavy atom. The van der Waals surface area contributed by atoms with Crippen molar-refractivity contribution in [2.45, 2.75) is 59.3 Å². The third kappa shape index (κ3) is 6.08. The lowest BCUT2D eigenvalue weighted by atomic mass is 10.3. The van der Waals surface area contributed by atoms with E-state index in [1.54, 1.807) is 0 Å². The Balaban J connectivity index is 5.17. The van der Waals surface area contributed by atoms with Gasteiger partial charge in [-0.15, -0.1) is 0 Å². The second-order valence-corrected chi connectivity index (χ2v) is 17.8. The van der Waals surface area contributed by atoms with Gasteiger partial charge in [-0.05, 0) is 27.2 Å². The van der Waals surface area contributed by atoms with E-state index in [0.717, 1.165) is 13.1 Å². The van der Waals surface area contributed by atoms with E-state index in [1.807, 2.05) is 0 Å². The zero-order valence-electron chi connectivity index (χ0n) is 15.0. The molecular weight excluding hydrogens is 266 g/mol. The Morgan fingerprint density at radius 1 is 0.789 bits per heavy atom. The third-order valence-corrected chi connectivity index (χ3v) is 11.4. The molecule has 0 aromatic carbocycles. The van der Waals surface area contributed by atoms with Crippen molar-refractivity contribution in [3.05, 3.63) is 0 Å². The van der Waals surface area contributed by atoms with Gasteiger partial charge < -0.3 is 4.23 Å². The molecule has 1 unspecified atom stereocenters. The molecule has 0 fully saturated rings. The van der Waals surface area contributed by atoms with E-state index in [4.69, 9.17) is 0 Å². The molecule has 0 rings (SSSR count). The van der Waals surface area contributed by atoms with Crippen molar-refractivity contribution >= 4 is 16.5 Å². The van der Waals surface area contributed by atoms with E-state index in [1.165, 1.54) is 6.54 Å². The topological polar surface area (TPSA) is 9.72 Å². The molecule has 116 valence electrons. The first-order valence-electron chi connectivity index (χ1n) is 7.63. The van der Waals surface area contributed by atoms with E-state index < -0.39 is 16.5 Å². The molecule has 1 atom stereocenters. The molecule has 0 aromatic heterocycles. The minimum Gasteiger partial charge on any atom is -0.343 e. The third-order valence-electron chi connectivity index (χ3n) is 3.80. The van der Waals surface area contributed by atoms with Gasteiger partial charge in [0.15, 0.2) is 0 Å². The van der Waals surface area contributed by atoms with Crippen LogP contribution in [0.5, 0.6) is 0 Å². The largest absolute Gasteiger partial charge is 0.343 e. The summed E-state index contributed by atoms with van der Waals surface area (Å²) in [7, 11) is 1.91. The SMILES string of the molecule is CCN(CC)C(CN([Si](C)(C)C)[Si](C)(C)C)N(C)C. The Kier molecular flexibility index (Phi) is 7.48. The highest BCUT2D eigenvalue weighted by atomic mass is 28.4. The summed E-state index contributed by atoms with van der Waals surface area (Å²) in [5.41, 5.74) is 0. The van der Waals surface area contributed by atoms with E-state index in [9.17, 15) is 0 Å². The van der Waals surface area contributed by atoms with Crippen LogP contribution >= 0.6 is 0 Å². The average molecular weight is 304 g/mol. The monoisotopic (exact) mass is 303 g/mol. The number of rotatable bonds is 8. The molecule has 0 N–H and O–H groups in total. The summed E-state index contributed by atoms with van der Waals surface area (Å²) in [6, 6.07) is 0. The molecule has 0 heterocycles. The van der Waals surface area contributed by atoms with Gasteiger partial charge in [0.05, 0.1) is 6.17 Å². The Morgan fingerprint density at radius 2 is 1.16 bits per heavy atom. The molecule has 0 aromatic rings. The van der Waals surface area contributed by atoms with Gasteiger partial charge in [0.25, 0.3) is 0 Å². The lowest BCUT2D eigenvalue weighted by molar-refractivity contribution is 0.0801. The first-order chi connectivity index (χ1) is 8.45. The highest BCUT2D eigenvalue weighted by molar-refractivity contribution is 6.89. The second-order valence-electron chi connectivity index (χ2n) is 7.62. The second kappa shape index (κ2) is 7.36. The van der Waals surface area contributed by atoms with Crippen molar-refractivity contribution < 1.29 is 0 Å². The van der Waals surface area contributed by atoms with Crippen LogP contribution in [0.1, 0.15) is 13.8 Å². The Labute approximate surface area is 124 Å². The van der Waals surface area contributed by atoms with Gasteiger partial charge in [-0.25, -0.2) is 0 Å². The maximum Gasteiger partial charge on any atom is 0.112 e. The fourth-order valence-corrected chi connectivity index (χ4v) is 12.4. The highest BCUT2D eigenvalue weighted by Gasteiger charge is 2.36. The molecule has 0 spiro atoms. The minimum atomic E-state index is -1.26.